The predicted molar refractivity (Wildman–Crippen MR) is 79.6 cm³/mol. The quantitative estimate of drug-likeness (QED) is 0.841. The molecule has 0 saturated carbocycles. The van der Waals surface area contributed by atoms with Crippen LogP contribution in [0.3, 0.4) is 0 Å². The average molecular weight is 337 g/mol. The molecule has 1 aliphatic heterocycles. The van der Waals surface area contributed by atoms with Crippen LogP contribution in [0.4, 0.5) is 13.2 Å². The van der Waals surface area contributed by atoms with E-state index in [2.05, 4.69) is 4.99 Å². The summed E-state index contributed by atoms with van der Waals surface area (Å²) in [5.74, 6) is -2.51. The molecule has 0 fully saturated rings. The van der Waals surface area contributed by atoms with Crippen molar-refractivity contribution in [3.8, 4) is 6.07 Å². The molecule has 1 heterocycles. The normalized spacial score (nSPS) is 21.1. The van der Waals surface area contributed by atoms with Crippen molar-refractivity contribution in [1.29, 1.82) is 5.26 Å². The number of ether oxygens (including phenoxy) is 1. The van der Waals surface area contributed by atoms with Gasteiger partial charge in [0.25, 0.3) is 0 Å². The van der Waals surface area contributed by atoms with Gasteiger partial charge in [-0.1, -0.05) is 12.1 Å². The van der Waals surface area contributed by atoms with Crippen LogP contribution < -0.4 is 5.73 Å². The van der Waals surface area contributed by atoms with E-state index in [4.69, 9.17) is 10.5 Å². The summed E-state index contributed by atoms with van der Waals surface area (Å²) in [5.41, 5.74) is 5.69. The molecule has 2 unspecified atom stereocenters. The lowest BCUT2D eigenvalue weighted by molar-refractivity contribution is -0.138. The molecule has 126 valence electrons. The Bertz CT molecular complexity index is 758. The van der Waals surface area contributed by atoms with E-state index < -0.39 is 29.5 Å². The summed E-state index contributed by atoms with van der Waals surface area (Å²) in [6, 6.07) is 6.21. The van der Waals surface area contributed by atoms with Crippen LogP contribution in [0.15, 0.2) is 40.5 Å². The number of amidine groups is 1. The molecule has 1 aromatic rings. The van der Waals surface area contributed by atoms with Gasteiger partial charge in [0, 0.05) is 5.92 Å². The monoisotopic (exact) mass is 337 g/mol. The van der Waals surface area contributed by atoms with Gasteiger partial charge in [-0.15, -0.1) is 0 Å². The third-order valence-corrected chi connectivity index (χ3v) is 3.79. The van der Waals surface area contributed by atoms with Gasteiger partial charge in [0.05, 0.1) is 30.0 Å². The Morgan fingerprint density at radius 2 is 1.92 bits per heavy atom. The number of benzene rings is 1. The fraction of sp³-hybridized carbons (Fsp3) is 0.312. The second-order valence-electron chi connectivity index (χ2n) is 5.23. The van der Waals surface area contributed by atoms with Crippen LogP contribution in [0.2, 0.25) is 0 Å². The van der Waals surface area contributed by atoms with Gasteiger partial charge >= 0.3 is 12.1 Å². The fourth-order valence-corrected chi connectivity index (χ4v) is 2.65. The summed E-state index contributed by atoms with van der Waals surface area (Å²) in [5, 5.41) is 9.37. The van der Waals surface area contributed by atoms with E-state index in [1.807, 2.05) is 6.07 Å². The maximum Gasteiger partial charge on any atom is 0.416 e. The van der Waals surface area contributed by atoms with Crippen molar-refractivity contribution in [2.45, 2.75) is 19.0 Å². The Balaban J connectivity index is 2.57. The van der Waals surface area contributed by atoms with E-state index in [-0.39, 0.29) is 17.1 Å². The Labute approximate surface area is 136 Å². The molecule has 5 nitrogen and oxygen atoms in total. The number of nitrogens with two attached hydrogens (primary N) is 1. The van der Waals surface area contributed by atoms with Crippen molar-refractivity contribution in [2.24, 2.45) is 16.6 Å². The van der Waals surface area contributed by atoms with Crippen LogP contribution >= 0.6 is 0 Å². The number of esters is 1. The summed E-state index contributed by atoms with van der Waals surface area (Å²) in [6.45, 7) is 1.53. The first kappa shape index (κ1) is 17.5. The van der Waals surface area contributed by atoms with E-state index in [9.17, 15) is 23.2 Å². The first-order chi connectivity index (χ1) is 11.2. The Hall–Kier alpha value is -2.82. The third kappa shape index (κ3) is 3.11. The first-order valence-electron chi connectivity index (χ1n) is 6.90. The van der Waals surface area contributed by atoms with Gasteiger partial charge in [0.15, 0.2) is 0 Å². The maximum absolute atomic E-state index is 12.7. The number of halogens is 3. The molecule has 2 atom stereocenters. The maximum atomic E-state index is 12.7. The smallest absolute Gasteiger partial charge is 0.416 e. The molecule has 2 N–H and O–H groups in total. The van der Waals surface area contributed by atoms with Crippen LogP contribution in [0.1, 0.15) is 24.0 Å². The molecule has 8 heteroatoms. The predicted octanol–water partition coefficient (Wildman–Crippen LogP) is 2.75. The number of nitrogens with zero attached hydrogens (tertiary/aromatic N) is 2. The second kappa shape index (κ2) is 6.35. The molecule has 0 aliphatic carbocycles. The van der Waals surface area contributed by atoms with Gasteiger partial charge in [-0.05, 0) is 24.6 Å². The number of allylic oxidation sites excluding steroid dienone is 1. The van der Waals surface area contributed by atoms with E-state index in [0.717, 1.165) is 12.1 Å². The minimum Gasteiger partial charge on any atom is -0.466 e. The average Bonchev–Trinajstić information content (AvgIpc) is 2.53. The number of methoxy groups -OCH3 is 1. The minimum atomic E-state index is -4.48. The van der Waals surface area contributed by atoms with Gasteiger partial charge in [-0.2, -0.15) is 18.4 Å². The molecule has 1 aliphatic rings. The van der Waals surface area contributed by atoms with Crippen molar-refractivity contribution >= 4 is 11.8 Å². The standard InChI is InChI=1S/C16H14F3N3O2/c1-8-12(15(23)24-2)13(11(7-20)14(21)22-8)9-3-5-10(6-4-9)16(17,18)19/h3-6,11,13H,1-2H3,(H2,21,22). The number of rotatable bonds is 2. The van der Waals surface area contributed by atoms with Gasteiger partial charge in [-0.3, -0.25) is 0 Å². The molecular weight excluding hydrogens is 323 g/mol. The topological polar surface area (TPSA) is 88.5 Å². The van der Waals surface area contributed by atoms with Crippen molar-refractivity contribution in [1.82, 2.24) is 0 Å². The second-order valence-corrected chi connectivity index (χ2v) is 5.23. The van der Waals surface area contributed by atoms with Crippen LogP contribution in [0.5, 0.6) is 0 Å². The number of aliphatic imine (C=N–C) groups is 1. The minimum absolute atomic E-state index is 0.00699. The summed E-state index contributed by atoms with van der Waals surface area (Å²) in [4.78, 5) is 16.1. The highest BCUT2D eigenvalue weighted by Crippen LogP contribution is 2.39. The van der Waals surface area contributed by atoms with E-state index in [1.165, 1.54) is 26.2 Å². The van der Waals surface area contributed by atoms with Crippen LogP contribution in [0.25, 0.3) is 0 Å². The SMILES string of the molecule is COC(=O)C1=C(C)N=C(N)C(C#N)C1c1ccc(C(F)(F)F)cc1. The Morgan fingerprint density at radius 1 is 1.33 bits per heavy atom. The van der Waals surface area contributed by atoms with Crippen molar-refractivity contribution in [3.63, 3.8) is 0 Å². The molecule has 0 radical (unpaired) electrons. The van der Waals surface area contributed by atoms with Crippen LogP contribution in [0, 0.1) is 17.2 Å². The Kier molecular flexibility index (Phi) is 4.64. The lowest BCUT2D eigenvalue weighted by atomic mass is 9.77. The summed E-state index contributed by atoms with van der Waals surface area (Å²) < 4.78 is 42.9. The van der Waals surface area contributed by atoms with Gasteiger partial charge in [0.2, 0.25) is 0 Å². The molecule has 2 rings (SSSR count). The summed E-state index contributed by atoms with van der Waals surface area (Å²) in [6.07, 6.45) is -4.48. The molecule has 0 spiro atoms. The molecular formula is C16H14F3N3O2. The lowest BCUT2D eigenvalue weighted by Gasteiger charge is -2.28. The molecule has 0 saturated heterocycles. The zero-order valence-electron chi connectivity index (χ0n) is 12.9. The number of hydrogen-bond acceptors (Lipinski definition) is 5. The van der Waals surface area contributed by atoms with E-state index >= 15 is 0 Å². The molecule has 0 bridgehead atoms. The highest BCUT2D eigenvalue weighted by molar-refractivity contribution is 5.97. The highest BCUT2D eigenvalue weighted by Gasteiger charge is 2.39. The highest BCUT2D eigenvalue weighted by atomic mass is 19.4. The molecule has 1 aromatic carbocycles. The zero-order valence-corrected chi connectivity index (χ0v) is 12.9. The van der Waals surface area contributed by atoms with Crippen molar-refractivity contribution in [2.75, 3.05) is 7.11 Å². The third-order valence-electron chi connectivity index (χ3n) is 3.79. The fourth-order valence-electron chi connectivity index (χ4n) is 2.65. The van der Waals surface area contributed by atoms with Gasteiger partial charge in [-0.25, -0.2) is 9.79 Å². The van der Waals surface area contributed by atoms with Crippen LogP contribution in [-0.2, 0) is 15.7 Å². The Morgan fingerprint density at radius 3 is 2.38 bits per heavy atom. The number of carbonyl (C=O) groups is 1. The number of alkyl halides is 3. The largest absolute Gasteiger partial charge is 0.466 e. The van der Waals surface area contributed by atoms with Crippen molar-refractivity contribution < 1.29 is 22.7 Å². The van der Waals surface area contributed by atoms with Gasteiger partial charge < -0.3 is 10.5 Å². The zero-order chi connectivity index (χ0) is 18.1. The number of carbonyl (C=O) groups excluding carboxylic acids is 1. The molecule has 0 amide bonds. The van der Waals surface area contributed by atoms with E-state index in [1.54, 1.807) is 0 Å². The summed E-state index contributed by atoms with van der Waals surface area (Å²) in [7, 11) is 1.18. The first-order valence-corrected chi connectivity index (χ1v) is 6.90. The van der Waals surface area contributed by atoms with Crippen molar-refractivity contribution in [3.05, 3.63) is 46.7 Å². The molecule has 0 aromatic heterocycles. The van der Waals surface area contributed by atoms with Gasteiger partial charge in [0.1, 0.15) is 11.8 Å². The summed E-state index contributed by atoms with van der Waals surface area (Å²) >= 11 is 0. The molecule has 24 heavy (non-hydrogen) atoms. The van der Waals surface area contributed by atoms with E-state index in [0.29, 0.717) is 5.56 Å². The number of nitriles is 1. The van der Waals surface area contributed by atoms with Crippen LogP contribution in [-0.4, -0.2) is 18.9 Å². The lowest BCUT2D eigenvalue weighted by Crippen LogP contribution is -2.34. The number of hydrogen-bond donors (Lipinski definition) is 1.